The van der Waals surface area contributed by atoms with Crippen molar-refractivity contribution >= 4 is 35.2 Å². The molecule has 3 amide bonds. The average Bonchev–Trinajstić information content (AvgIpc) is 3.05. The fourth-order valence-electron chi connectivity index (χ4n) is 2.20. The van der Waals surface area contributed by atoms with Gasteiger partial charge in [-0.25, -0.2) is 4.98 Å². The molecule has 0 saturated carbocycles. The van der Waals surface area contributed by atoms with Gasteiger partial charge in [0.15, 0.2) is 5.16 Å². The fraction of sp³-hybridized carbons (Fsp3) is 0.333. The first-order chi connectivity index (χ1) is 12.9. The number of hydrogen-bond acceptors (Lipinski definition) is 5. The Morgan fingerprint density at radius 3 is 2.52 bits per heavy atom. The smallest absolute Gasteiger partial charge is 0.251 e. The standard InChI is InChI=1S/C18H23N5O3S/c1-4-19-16(25)12(2)21-17(26)13-5-7-14(8-6-13)22-15(24)11-27-18-20-9-10-23(18)3/h5-10,12H,4,11H2,1-3H3,(H,19,25)(H,21,26)(H,22,24)/t12-/m1/s1. The summed E-state index contributed by atoms with van der Waals surface area (Å²) in [6.45, 7) is 3.94. The molecular weight excluding hydrogens is 366 g/mol. The molecule has 1 aromatic heterocycles. The molecule has 1 atom stereocenters. The van der Waals surface area contributed by atoms with Crippen LogP contribution in [0.25, 0.3) is 0 Å². The summed E-state index contributed by atoms with van der Waals surface area (Å²) in [5.41, 5.74) is 1.00. The zero-order valence-electron chi connectivity index (χ0n) is 15.5. The number of aromatic nitrogens is 2. The van der Waals surface area contributed by atoms with Gasteiger partial charge in [0.2, 0.25) is 11.8 Å². The fourth-order valence-corrected chi connectivity index (χ4v) is 2.93. The van der Waals surface area contributed by atoms with Gasteiger partial charge in [0, 0.05) is 37.2 Å². The number of nitrogens with one attached hydrogen (secondary N) is 3. The molecular formula is C18H23N5O3S. The van der Waals surface area contributed by atoms with Gasteiger partial charge in [-0.1, -0.05) is 11.8 Å². The van der Waals surface area contributed by atoms with Crippen molar-refractivity contribution in [3.8, 4) is 0 Å². The van der Waals surface area contributed by atoms with Crippen molar-refractivity contribution in [2.24, 2.45) is 7.05 Å². The van der Waals surface area contributed by atoms with Crippen LogP contribution in [0.4, 0.5) is 5.69 Å². The summed E-state index contributed by atoms with van der Waals surface area (Å²) >= 11 is 1.34. The van der Waals surface area contributed by atoms with Crippen molar-refractivity contribution < 1.29 is 14.4 Å². The van der Waals surface area contributed by atoms with Crippen molar-refractivity contribution in [1.29, 1.82) is 0 Å². The minimum absolute atomic E-state index is 0.162. The molecule has 0 radical (unpaired) electrons. The molecule has 3 N–H and O–H groups in total. The van der Waals surface area contributed by atoms with Gasteiger partial charge in [-0.3, -0.25) is 14.4 Å². The van der Waals surface area contributed by atoms with Crippen LogP contribution in [0.1, 0.15) is 24.2 Å². The number of nitrogens with zero attached hydrogens (tertiary/aromatic N) is 2. The van der Waals surface area contributed by atoms with Crippen LogP contribution >= 0.6 is 11.8 Å². The van der Waals surface area contributed by atoms with Gasteiger partial charge in [-0.15, -0.1) is 0 Å². The maximum Gasteiger partial charge on any atom is 0.251 e. The molecule has 8 nitrogen and oxygen atoms in total. The summed E-state index contributed by atoms with van der Waals surface area (Å²) < 4.78 is 1.84. The van der Waals surface area contributed by atoms with E-state index in [0.29, 0.717) is 17.8 Å². The van der Waals surface area contributed by atoms with E-state index in [2.05, 4.69) is 20.9 Å². The van der Waals surface area contributed by atoms with Gasteiger partial charge >= 0.3 is 0 Å². The van der Waals surface area contributed by atoms with E-state index in [1.165, 1.54) is 11.8 Å². The third-order valence-corrected chi connectivity index (χ3v) is 4.69. The first-order valence-electron chi connectivity index (χ1n) is 8.49. The lowest BCUT2D eigenvalue weighted by atomic mass is 10.1. The number of aryl methyl sites for hydroxylation is 1. The number of thioether (sulfide) groups is 1. The van der Waals surface area contributed by atoms with E-state index in [1.807, 2.05) is 24.7 Å². The van der Waals surface area contributed by atoms with Crippen molar-refractivity contribution in [1.82, 2.24) is 20.2 Å². The third kappa shape index (κ3) is 6.14. The minimum Gasteiger partial charge on any atom is -0.355 e. The van der Waals surface area contributed by atoms with Gasteiger partial charge < -0.3 is 20.5 Å². The molecule has 0 saturated heterocycles. The predicted molar refractivity (Wildman–Crippen MR) is 105 cm³/mol. The molecule has 0 spiro atoms. The van der Waals surface area contributed by atoms with E-state index < -0.39 is 6.04 Å². The van der Waals surface area contributed by atoms with E-state index in [9.17, 15) is 14.4 Å². The molecule has 0 unspecified atom stereocenters. The van der Waals surface area contributed by atoms with E-state index >= 15 is 0 Å². The lowest BCUT2D eigenvalue weighted by Gasteiger charge is -2.13. The van der Waals surface area contributed by atoms with Crippen LogP contribution < -0.4 is 16.0 Å². The first kappa shape index (κ1) is 20.5. The number of carbonyl (C=O) groups excluding carboxylic acids is 3. The number of rotatable bonds is 8. The van der Waals surface area contributed by atoms with Crippen LogP contribution in [0, 0.1) is 0 Å². The van der Waals surface area contributed by atoms with Crippen LogP contribution in [-0.4, -0.2) is 45.6 Å². The van der Waals surface area contributed by atoms with Gasteiger partial charge in [0.05, 0.1) is 5.75 Å². The minimum atomic E-state index is -0.625. The average molecular weight is 389 g/mol. The highest BCUT2D eigenvalue weighted by molar-refractivity contribution is 7.99. The molecule has 1 aromatic carbocycles. The number of benzene rings is 1. The highest BCUT2D eigenvalue weighted by atomic mass is 32.2. The van der Waals surface area contributed by atoms with Gasteiger partial charge in [-0.2, -0.15) is 0 Å². The molecule has 0 aliphatic carbocycles. The Morgan fingerprint density at radius 1 is 1.22 bits per heavy atom. The van der Waals surface area contributed by atoms with Crippen molar-refractivity contribution in [3.05, 3.63) is 42.2 Å². The van der Waals surface area contributed by atoms with Crippen molar-refractivity contribution in [2.75, 3.05) is 17.6 Å². The second kappa shape index (κ2) is 9.77. The van der Waals surface area contributed by atoms with Crippen LogP contribution in [0.15, 0.2) is 41.8 Å². The summed E-state index contributed by atoms with van der Waals surface area (Å²) in [5.74, 6) is -0.515. The maximum absolute atomic E-state index is 12.2. The Kier molecular flexibility index (Phi) is 7.42. The van der Waals surface area contributed by atoms with Gasteiger partial charge in [0.1, 0.15) is 6.04 Å². The summed E-state index contributed by atoms with van der Waals surface area (Å²) in [5, 5.41) is 8.82. The predicted octanol–water partition coefficient (Wildman–Crippen LogP) is 1.41. The summed E-state index contributed by atoms with van der Waals surface area (Å²) in [7, 11) is 1.86. The van der Waals surface area contributed by atoms with Gasteiger partial charge in [-0.05, 0) is 38.1 Å². The van der Waals surface area contributed by atoms with E-state index in [4.69, 9.17) is 0 Å². The molecule has 0 bridgehead atoms. The zero-order chi connectivity index (χ0) is 19.8. The number of hydrogen-bond donors (Lipinski definition) is 3. The Hall–Kier alpha value is -2.81. The highest BCUT2D eigenvalue weighted by Gasteiger charge is 2.16. The number of amides is 3. The third-order valence-electron chi connectivity index (χ3n) is 3.63. The number of anilines is 1. The van der Waals surface area contributed by atoms with E-state index in [0.717, 1.165) is 5.16 Å². The monoisotopic (exact) mass is 389 g/mol. The molecule has 2 rings (SSSR count). The van der Waals surface area contributed by atoms with Crippen LogP contribution in [0.2, 0.25) is 0 Å². The Labute approximate surface area is 162 Å². The van der Waals surface area contributed by atoms with Crippen molar-refractivity contribution in [2.45, 2.75) is 25.0 Å². The maximum atomic E-state index is 12.2. The lowest BCUT2D eigenvalue weighted by molar-refractivity contribution is -0.122. The largest absolute Gasteiger partial charge is 0.355 e. The molecule has 144 valence electrons. The second-order valence-corrected chi connectivity index (χ2v) is 6.77. The van der Waals surface area contributed by atoms with Crippen LogP contribution in [-0.2, 0) is 16.6 Å². The SMILES string of the molecule is CCNC(=O)[C@@H](C)NC(=O)c1ccc(NC(=O)CSc2nccn2C)cc1. The molecule has 0 aliphatic heterocycles. The van der Waals surface area contributed by atoms with E-state index in [1.54, 1.807) is 37.4 Å². The molecule has 27 heavy (non-hydrogen) atoms. The topological polar surface area (TPSA) is 105 Å². The van der Waals surface area contributed by atoms with Crippen LogP contribution in [0.5, 0.6) is 0 Å². The summed E-state index contributed by atoms with van der Waals surface area (Å²) in [4.78, 5) is 40.0. The zero-order valence-corrected chi connectivity index (χ0v) is 16.3. The number of carbonyl (C=O) groups is 3. The Balaban J connectivity index is 1.85. The molecule has 9 heteroatoms. The molecule has 1 heterocycles. The Bertz CT molecular complexity index is 804. The molecule has 2 aromatic rings. The quantitative estimate of drug-likeness (QED) is 0.592. The van der Waals surface area contributed by atoms with Crippen molar-refractivity contribution in [3.63, 3.8) is 0 Å². The number of imidazole rings is 1. The lowest BCUT2D eigenvalue weighted by Crippen LogP contribution is -2.44. The first-order valence-corrected chi connectivity index (χ1v) is 9.48. The molecule has 0 fully saturated rings. The molecule has 0 aliphatic rings. The second-order valence-electron chi connectivity index (χ2n) is 5.82. The normalized spacial score (nSPS) is 11.5. The number of likely N-dealkylation sites (N-methyl/N-ethyl adjacent to an activating group) is 1. The summed E-state index contributed by atoms with van der Waals surface area (Å²) in [6.07, 6.45) is 3.49. The summed E-state index contributed by atoms with van der Waals surface area (Å²) in [6, 6.07) is 5.87. The Morgan fingerprint density at radius 2 is 1.93 bits per heavy atom. The highest BCUT2D eigenvalue weighted by Crippen LogP contribution is 2.15. The van der Waals surface area contributed by atoms with Crippen LogP contribution in [0.3, 0.4) is 0 Å². The van der Waals surface area contributed by atoms with E-state index in [-0.39, 0.29) is 23.5 Å². The van der Waals surface area contributed by atoms with Gasteiger partial charge in [0.25, 0.3) is 5.91 Å².